The third-order valence-corrected chi connectivity index (χ3v) is 2.43. The van der Waals surface area contributed by atoms with E-state index in [0.717, 1.165) is 12.1 Å². The Hall–Kier alpha value is -2.76. The lowest BCUT2D eigenvalue weighted by Gasteiger charge is -2.07. The molecule has 102 valence electrons. The van der Waals surface area contributed by atoms with Gasteiger partial charge in [-0.1, -0.05) is 18.2 Å². The highest BCUT2D eigenvalue weighted by Crippen LogP contribution is 2.09. The van der Waals surface area contributed by atoms with Crippen LogP contribution >= 0.6 is 0 Å². The molecule has 0 bridgehead atoms. The molecule has 0 saturated heterocycles. The van der Waals surface area contributed by atoms with Crippen LogP contribution in [0.1, 0.15) is 10.4 Å². The number of nitrogens with one attached hydrogen (secondary N) is 2. The van der Waals surface area contributed by atoms with Gasteiger partial charge in [0, 0.05) is 11.8 Å². The van der Waals surface area contributed by atoms with Crippen LogP contribution in [0.4, 0.5) is 19.3 Å². The molecule has 0 unspecified atom stereocenters. The quantitative estimate of drug-likeness (QED) is 0.886. The Morgan fingerprint density at radius 2 is 1.65 bits per heavy atom. The van der Waals surface area contributed by atoms with Gasteiger partial charge in [-0.05, 0) is 24.3 Å². The van der Waals surface area contributed by atoms with Gasteiger partial charge in [0.1, 0.15) is 11.6 Å². The normalized spacial score (nSPS) is 9.90. The summed E-state index contributed by atoms with van der Waals surface area (Å²) in [6.07, 6.45) is 0. The molecule has 0 aliphatic carbocycles. The van der Waals surface area contributed by atoms with E-state index in [1.807, 2.05) is 5.32 Å². The molecular formula is C14H10F2N2O2. The maximum Gasteiger partial charge on any atom is 0.326 e. The second-order valence-corrected chi connectivity index (χ2v) is 3.90. The number of para-hydroxylation sites is 1. The first kappa shape index (κ1) is 13.7. The first-order chi connectivity index (χ1) is 9.56. The smallest absolute Gasteiger partial charge is 0.308 e. The number of halogens is 2. The van der Waals surface area contributed by atoms with Crippen molar-refractivity contribution in [3.05, 3.63) is 65.7 Å². The molecule has 0 aliphatic rings. The summed E-state index contributed by atoms with van der Waals surface area (Å²) in [5, 5.41) is 4.36. The lowest BCUT2D eigenvalue weighted by Crippen LogP contribution is -2.34. The number of hydrogen-bond acceptors (Lipinski definition) is 2. The van der Waals surface area contributed by atoms with Crippen molar-refractivity contribution in [1.29, 1.82) is 0 Å². The molecule has 0 aromatic heterocycles. The summed E-state index contributed by atoms with van der Waals surface area (Å²) in [5.41, 5.74) is 0.0759. The van der Waals surface area contributed by atoms with E-state index < -0.39 is 29.1 Å². The van der Waals surface area contributed by atoms with Gasteiger partial charge < -0.3 is 5.32 Å². The second-order valence-electron chi connectivity index (χ2n) is 3.90. The van der Waals surface area contributed by atoms with Crippen molar-refractivity contribution in [3.63, 3.8) is 0 Å². The fourth-order valence-electron chi connectivity index (χ4n) is 1.53. The van der Waals surface area contributed by atoms with Gasteiger partial charge >= 0.3 is 6.03 Å². The van der Waals surface area contributed by atoms with Gasteiger partial charge in [0.05, 0.1) is 5.56 Å². The van der Waals surface area contributed by atoms with E-state index in [4.69, 9.17) is 0 Å². The van der Waals surface area contributed by atoms with Crippen molar-refractivity contribution in [2.75, 3.05) is 5.32 Å². The molecule has 3 amide bonds. The fourth-order valence-corrected chi connectivity index (χ4v) is 1.53. The minimum Gasteiger partial charge on any atom is -0.308 e. The number of hydrogen-bond donors (Lipinski definition) is 2. The van der Waals surface area contributed by atoms with Crippen LogP contribution < -0.4 is 10.6 Å². The summed E-state index contributed by atoms with van der Waals surface area (Å²) in [5.74, 6) is -2.78. The van der Waals surface area contributed by atoms with Gasteiger partial charge in [-0.25, -0.2) is 13.6 Å². The molecule has 0 fully saturated rings. The zero-order valence-electron chi connectivity index (χ0n) is 10.2. The fraction of sp³-hybridized carbons (Fsp3) is 0. The van der Waals surface area contributed by atoms with E-state index >= 15 is 0 Å². The molecule has 4 nitrogen and oxygen atoms in total. The van der Waals surface area contributed by atoms with Crippen LogP contribution in [0.5, 0.6) is 0 Å². The van der Waals surface area contributed by atoms with Crippen molar-refractivity contribution in [2.45, 2.75) is 0 Å². The number of carbonyl (C=O) groups is 2. The van der Waals surface area contributed by atoms with E-state index in [1.54, 1.807) is 30.3 Å². The molecule has 0 atom stereocenters. The molecule has 6 heteroatoms. The molecule has 0 saturated carbocycles. The van der Waals surface area contributed by atoms with Crippen LogP contribution in [-0.2, 0) is 0 Å². The average Bonchev–Trinajstić information content (AvgIpc) is 2.39. The lowest BCUT2D eigenvalue weighted by molar-refractivity contribution is 0.0963. The maximum atomic E-state index is 13.3. The zero-order chi connectivity index (χ0) is 14.5. The average molecular weight is 276 g/mol. The van der Waals surface area contributed by atoms with Crippen molar-refractivity contribution in [1.82, 2.24) is 5.32 Å². The van der Waals surface area contributed by atoms with Crippen molar-refractivity contribution in [2.24, 2.45) is 0 Å². The molecule has 20 heavy (non-hydrogen) atoms. The Morgan fingerprint density at radius 1 is 0.950 bits per heavy atom. The van der Waals surface area contributed by atoms with Gasteiger partial charge in [-0.3, -0.25) is 10.1 Å². The predicted octanol–water partition coefficient (Wildman–Crippen LogP) is 2.93. The van der Waals surface area contributed by atoms with Gasteiger partial charge in [-0.2, -0.15) is 0 Å². The molecule has 0 spiro atoms. The van der Waals surface area contributed by atoms with Gasteiger partial charge in [0.15, 0.2) is 0 Å². The summed E-state index contributed by atoms with van der Waals surface area (Å²) in [6.45, 7) is 0. The SMILES string of the molecule is O=C(NC(=O)c1ccc(F)cc1F)Nc1ccccc1. The van der Waals surface area contributed by atoms with E-state index in [2.05, 4.69) is 5.32 Å². The molecule has 0 heterocycles. The molecule has 2 rings (SSSR count). The number of rotatable bonds is 2. The molecule has 2 aromatic carbocycles. The standard InChI is InChI=1S/C14H10F2N2O2/c15-9-6-7-11(12(16)8-9)13(19)18-14(20)17-10-4-2-1-3-5-10/h1-8H,(H2,17,18,19,20). The number of amides is 3. The first-order valence-corrected chi connectivity index (χ1v) is 5.68. The molecule has 2 aromatic rings. The molecule has 0 aliphatic heterocycles. The van der Waals surface area contributed by atoms with Crippen LogP contribution in [0.3, 0.4) is 0 Å². The van der Waals surface area contributed by atoms with Crippen LogP contribution in [0.2, 0.25) is 0 Å². The number of benzene rings is 2. The van der Waals surface area contributed by atoms with Crippen molar-refractivity contribution < 1.29 is 18.4 Å². The van der Waals surface area contributed by atoms with E-state index in [9.17, 15) is 18.4 Å². The Balaban J connectivity index is 2.02. The third-order valence-electron chi connectivity index (χ3n) is 2.43. The summed E-state index contributed by atoms with van der Waals surface area (Å²) in [7, 11) is 0. The van der Waals surface area contributed by atoms with Crippen LogP contribution in [0, 0.1) is 11.6 Å². The van der Waals surface area contributed by atoms with Crippen LogP contribution in [-0.4, -0.2) is 11.9 Å². The molecule has 2 N–H and O–H groups in total. The maximum absolute atomic E-state index is 13.3. The van der Waals surface area contributed by atoms with E-state index in [1.165, 1.54) is 0 Å². The monoisotopic (exact) mass is 276 g/mol. The second kappa shape index (κ2) is 5.92. The minimum absolute atomic E-state index is 0.408. The van der Waals surface area contributed by atoms with Crippen molar-refractivity contribution >= 4 is 17.6 Å². The third kappa shape index (κ3) is 3.38. The largest absolute Gasteiger partial charge is 0.326 e. The highest BCUT2D eigenvalue weighted by Gasteiger charge is 2.15. The molecular weight excluding hydrogens is 266 g/mol. The van der Waals surface area contributed by atoms with E-state index in [0.29, 0.717) is 11.8 Å². The Bertz CT molecular complexity index is 645. The highest BCUT2D eigenvalue weighted by molar-refractivity contribution is 6.08. The number of anilines is 1. The van der Waals surface area contributed by atoms with Gasteiger partial charge in [0.25, 0.3) is 5.91 Å². The predicted molar refractivity (Wildman–Crippen MR) is 69.3 cm³/mol. The number of carbonyl (C=O) groups excluding carboxylic acids is 2. The van der Waals surface area contributed by atoms with Crippen LogP contribution in [0.15, 0.2) is 48.5 Å². The Kier molecular flexibility index (Phi) is 4.05. The first-order valence-electron chi connectivity index (χ1n) is 5.68. The van der Waals surface area contributed by atoms with Gasteiger partial charge in [-0.15, -0.1) is 0 Å². The zero-order valence-corrected chi connectivity index (χ0v) is 10.2. The summed E-state index contributed by atoms with van der Waals surface area (Å²) in [6, 6.07) is 10.1. The van der Waals surface area contributed by atoms with Crippen molar-refractivity contribution in [3.8, 4) is 0 Å². The lowest BCUT2D eigenvalue weighted by atomic mass is 10.2. The number of imide groups is 1. The highest BCUT2D eigenvalue weighted by atomic mass is 19.1. The molecule has 0 radical (unpaired) electrons. The summed E-state index contributed by atoms with van der Waals surface area (Å²) in [4.78, 5) is 23.2. The summed E-state index contributed by atoms with van der Waals surface area (Å²) >= 11 is 0. The number of urea groups is 1. The van der Waals surface area contributed by atoms with E-state index in [-0.39, 0.29) is 0 Å². The topological polar surface area (TPSA) is 58.2 Å². The summed E-state index contributed by atoms with van der Waals surface area (Å²) < 4.78 is 26.1. The minimum atomic E-state index is -1.03. The van der Waals surface area contributed by atoms with Crippen LogP contribution in [0.25, 0.3) is 0 Å². The Labute approximate surface area is 113 Å². The van der Waals surface area contributed by atoms with Gasteiger partial charge in [0.2, 0.25) is 0 Å². The Morgan fingerprint density at radius 3 is 2.30 bits per heavy atom.